The highest BCUT2D eigenvalue weighted by molar-refractivity contribution is 5.29. The van der Waals surface area contributed by atoms with E-state index in [-0.39, 0.29) is 11.8 Å². The van der Waals surface area contributed by atoms with Crippen LogP contribution in [-0.2, 0) is 0 Å². The lowest BCUT2D eigenvalue weighted by Gasteiger charge is -2.21. The topological polar surface area (TPSA) is 72.3 Å². The summed E-state index contributed by atoms with van der Waals surface area (Å²) in [4.78, 5) is 0. The summed E-state index contributed by atoms with van der Waals surface area (Å²) in [5, 5.41) is 9.33. The fraction of sp³-hybridized carbons (Fsp3) is 0.455. The van der Waals surface area contributed by atoms with Crippen LogP contribution >= 0.6 is 0 Å². The van der Waals surface area contributed by atoms with Crippen LogP contribution in [0, 0.1) is 5.92 Å². The molecule has 0 aromatic heterocycles. The third-order valence-corrected chi connectivity index (χ3v) is 2.71. The normalized spacial score (nSPS) is 13.1. The number of hydrogen-bond acceptors (Lipinski definition) is 3. The van der Waals surface area contributed by atoms with Gasteiger partial charge in [-0.25, -0.2) is 0 Å². The van der Waals surface area contributed by atoms with E-state index in [0.717, 1.165) is 5.56 Å². The van der Waals surface area contributed by atoms with Crippen molar-refractivity contribution >= 4 is 0 Å². The molecule has 0 spiro atoms. The van der Waals surface area contributed by atoms with Crippen LogP contribution in [0.5, 0.6) is 5.75 Å². The molecule has 0 aliphatic carbocycles. The maximum absolute atomic E-state index is 9.33. The molecule has 78 valence electrons. The van der Waals surface area contributed by atoms with Gasteiger partial charge in [-0.15, -0.1) is 0 Å². The molecule has 0 heterocycles. The Labute approximate surface area is 84.7 Å². The first kappa shape index (κ1) is 11.0. The van der Waals surface area contributed by atoms with Crippen LogP contribution in [0.2, 0.25) is 0 Å². The van der Waals surface area contributed by atoms with Crippen molar-refractivity contribution in [3.8, 4) is 5.75 Å². The average molecular weight is 194 g/mol. The molecule has 3 heteroatoms. The van der Waals surface area contributed by atoms with Crippen molar-refractivity contribution in [2.45, 2.75) is 12.8 Å². The van der Waals surface area contributed by atoms with Crippen molar-refractivity contribution in [3.63, 3.8) is 0 Å². The number of phenolic OH excluding ortho intramolecular Hbond substituents is 1. The van der Waals surface area contributed by atoms with Gasteiger partial charge < -0.3 is 16.6 Å². The van der Waals surface area contributed by atoms with E-state index < -0.39 is 0 Å². The largest absolute Gasteiger partial charge is 0.508 e. The lowest BCUT2D eigenvalue weighted by atomic mass is 9.87. The van der Waals surface area contributed by atoms with Crippen molar-refractivity contribution in [1.82, 2.24) is 0 Å². The van der Waals surface area contributed by atoms with Gasteiger partial charge >= 0.3 is 0 Å². The Bertz CT molecular complexity index is 284. The fourth-order valence-corrected chi connectivity index (χ4v) is 1.58. The van der Waals surface area contributed by atoms with Gasteiger partial charge in [-0.1, -0.05) is 19.1 Å². The number of nitrogens with two attached hydrogens (primary N) is 2. The van der Waals surface area contributed by atoms with Crippen molar-refractivity contribution in [1.29, 1.82) is 0 Å². The van der Waals surface area contributed by atoms with Crippen molar-refractivity contribution in [2.75, 3.05) is 13.1 Å². The van der Waals surface area contributed by atoms with Gasteiger partial charge in [-0.3, -0.25) is 0 Å². The van der Waals surface area contributed by atoms with Crippen LogP contribution in [0.3, 0.4) is 0 Å². The van der Waals surface area contributed by atoms with Gasteiger partial charge in [0.2, 0.25) is 0 Å². The fourth-order valence-electron chi connectivity index (χ4n) is 1.58. The molecule has 0 amide bonds. The van der Waals surface area contributed by atoms with Gasteiger partial charge in [0.15, 0.2) is 0 Å². The maximum Gasteiger partial charge on any atom is 0.115 e. The molecule has 3 nitrogen and oxygen atoms in total. The first-order valence-electron chi connectivity index (χ1n) is 4.88. The van der Waals surface area contributed by atoms with Crippen LogP contribution in [-0.4, -0.2) is 18.2 Å². The minimum atomic E-state index is 0.275. The predicted octanol–water partition coefficient (Wildman–Crippen LogP) is 1.03. The van der Waals surface area contributed by atoms with Crippen molar-refractivity contribution in [2.24, 2.45) is 17.4 Å². The van der Waals surface area contributed by atoms with Gasteiger partial charge in [0.1, 0.15) is 5.75 Å². The van der Waals surface area contributed by atoms with Crippen LogP contribution in [0.15, 0.2) is 24.3 Å². The summed E-state index contributed by atoms with van der Waals surface area (Å²) >= 11 is 0. The van der Waals surface area contributed by atoms with Gasteiger partial charge in [0, 0.05) is 0 Å². The Kier molecular flexibility index (Phi) is 3.92. The minimum absolute atomic E-state index is 0.275. The Balaban J connectivity index is 2.82. The summed E-state index contributed by atoms with van der Waals surface area (Å²) in [7, 11) is 0. The Morgan fingerprint density at radius 3 is 2.43 bits per heavy atom. The van der Waals surface area contributed by atoms with E-state index in [1.807, 2.05) is 12.1 Å². The molecule has 1 aromatic rings. The molecule has 1 rings (SSSR count). The summed E-state index contributed by atoms with van der Waals surface area (Å²) in [5.41, 5.74) is 12.3. The van der Waals surface area contributed by atoms with E-state index in [9.17, 15) is 5.11 Å². The van der Waals surface area contributed by atoms with E-state index in [4.69, 9.17) is 11.5 Å². The number of benzene rings is 1. The third kappa shape index (κ3) is 2.47. The summed E-state index contributed by atoms with van der Waals surface area (Å²) in [6.45, 7) is 3.24. The molecule has 0 fully saturated rings. The molecule has 0 bridgehead atoms. The zero-order chi connectivity index (χ0) is 10.6. The highest BCUT2D eigenvalue weighted by atomic mass is 16.3. The third-order valence-electron chi connectivity index (χ3n) is 2.71. The van der Waals surface area contributed by atoms with Crippen LogP contribution in [0.25, 0.3) is 0 Å². The molecular weight excluding hydrogens is 176 g/mol. The molecule has 1 unspecified atom stereocenters. The van der Waals surface area contributed by atoms with Crippen LogP contribution in [0.4, 0.5) is 0 Å². The van der Waals surface area contributed by atoms with E-state index in [2.05, 4.69) is 6.92 Å². The van der Waals surface area contributed by atoms with E-state index >= 15 is 0 Å². The molecular formula is C11H18N2O. The summed E-state index contributed by atoms with van der Waals surface area (Å²) in [6.07, 6.45) is 0. The molecule has 1 atom stereocenters. The zero-order valence-corrected chi connectivity index (χ0v) is 8.48. The Morgan fingerprint density at radius 1 is 1.29 bits per heavy atom. The number of aromatic hydroxyl groups is 1. The highest BCUT2D eigenvalue weighted by Gasteiger charge is 2.15. The molecule has 0 saturated carbocycles. The van der Waals surface area contributed by atoms with E-state index in [1.54, 1.807) is 12.1 Å². The van der Waals surface area contributed by atoms with E-state index in [0.29, 0.717) is 18.8 Å². The molecule has 5 N–H and O–H groups in total. The minimum Gasteiger partial charge on any atom is -0.508 e. The summed E-state index contributed by atoms with van der Waals surface area (Å²) in [5.74, 6) is 0.857. The Hall–Kier alpha value is -1.06. The van der Waals surface area contributed by atoms with Crippen LogP contribution in [0.1, 0.15) is 18.4 Å². The zero-order valence-electron chi connectivity index (χ0n) is 8.48. The number of hydrogen-bond donors (Lipinski definition) is 3. The number of rotatable bonds is 4. The van der Waals surface area contributed by atoms with Crippen molar-refractivity contribution < 1.29 is 5.11 Å². The van der Waals surface area contributed by atoms with Gasteiger partial charge in [-0.2, -0.15) is 0 Å². The molecule has 0 aliphatic rings. The van der Waals surface area contributed by atoms with Gasteiger partial charge in [0.25, 0.3) is 0 Å². The second-order valence-electron chi connectivity index (χ2n) is 3.62. The molecule has 0 radical (unpaired) electrons. The van der Waals surface area contributed by atoms with Crippen molar-refractivity contribution in [3.05, 3.63) is 29.8 Å². The van der Waals surface area contributed by atoms with Gasteiger partial charge in [-0.05, 0) is 42.6 Å². The Morgan fingerprint density at radius 2 is 1.93 bits per heavy atom. The second kappa shape index (κ2) is 4.98. The number of phenols is 1. The summed E-state index contributed by atoms with van der Waals surface area (Å²) in [6, 6.07) is 7.26. The maximum atomic E-state index is 9.33. The van der Waals surface area contributed by atoms with Crippen LogP contribution < -0.4 is 11.5 Å². The average Bonchev–Trinajstić information content (AvgIpc) is 2.19. The first-order chi connectivity index (χ1) is 6.69. The lowest BCUT2D eigenvalue weighted by Crippen LogP contribution is -2.27. The van der Waals surface area contributed by atoms with Gasteiger partial charge in [0.05, 0.1) is 0 Å². The monoisotopic (exact) mass is 194 g/mol. The van der Waals surface area contributed by atoms with E-state index in [1.165, 1.54) is 0 Å². The molecule has 0 saturated heterocycles. The molecule has 14 heavy (non-hydrogen) atoms. The summed E-state index contributed by atoms with van der Waals surface area (Å²) < 4.78 is 0. The first-order valence-corrected chi connectivity index (χ1v) is 4.88. The molecule has 1 aromatic carbocycles. The standard InChI is InChI=1S/C11H18N2O/c1-8(10(6-12)7-13)9-3-2-4-11(14)5-9/h2-5,8,10,14H,6-7,12-13H2,1H3. The smallest absolute Gasteiger partial charge is 0.115 e. The highest BCUT2D eigenvalue weighted by Crippen LogP contribution is 2.25. The SMILES string of the molecule is CC(c1cccc(O)c1)C(CN)CN. The second-order valence-corrected chi connectivity index (χ2v) is 3.62. The molecule has 0 aliphatic heterocycles. The predicted molar refractivity (Wildman–Crippen MR) is 58.1 cm³/mol. The quantitative estimate of drug-likeness (QED) is 0.670. The lowest BCUT2D eigenvalue weighted by molar-refractivity contribution is 0.455.